The predicted octanol–water partition coefficient (Wildman–Crippen LogP) is 1.54. The normalized spacial score (nSPS) is 24.5. The lowest BCUT2D eigenvalue weighted by Crippen LogP contribution is -2.38. The number of nitrogens with one attached hydrogen (secondary N) is 2. The molecule has 4 heteroatoms. The monoisotopic (exact) mass is 270 g/mol. The maximum absolute atomic E-state index is 11.9. The zero-order valence-electron chi connectivity index (χ0n) is 12.6. The summed E-state index contributed by atoms with van der Waals surface area (Å²) < 4.78 is 0. The number of amides is 1. The van der Waals surface area contributed by atoms with E-state index >= 15 is 0 Å². The zero-order valence-corrected chi connectivity index (χ0v) is 12.6. The summed E-state index contributed by atoms with van der Waals surface area (Å²) in [6, 6.07) is 0. The number of piperidine rings is 1. The molecular formula is C15H30N2O2. The van der Waals surface area contributed by atoms with Crippen LogP contribution in [0.5, 0.6) is 0 Å². The number of carbonyl (C=O) groups excluding carboxylic acids is 1. The lowest BCUT2D eigenvalue weighted by Gasteiger charge is -2.28. The molecule has 0 aromatic rings. The SMILES string of the molecule is CCC(C)C(O)CNC(=O)CC(C)C1CCCNC1. The minimum Gasteiger partial charge on any atom is -0.391 e. The van der Waals surface area contributed by atoms with Crippen molar-refractivity contribution in [1.29, 1.82) is 0 Å². The number of carbonyl (C=O) groups is 1. The standard InChI is InChI=1S/C15H30N2O2/c1-4-11(2)14(18)10-17-15(19)8-12(3)13-6-5-7-16-9-13/h11-14,16,18H,4-10H2,1-3H3,(H,17,19). The Morgan fingerprint density at radius 1 is 1.47 bits per heavy atom. The molecule has 19 heavy (non-hydrogen) atoms. The van der Waals surface area contributed by atoms with Crippen LogP contribution in [0.2, 0.25) is 0 Å². The van der Waals surface area contributed by atoms with Gasteiger partial charge in [0.2, 0.25) is 5.91 Å². The Hall–Kier alpha value is -0.610. The van der Waals surface area contributed by atoms with Gasteiger partial charge in [0.1, 0.15) is 0 Å². The summed E-state index contributed by atoms with van der Waals surface area (Å²) in [5, 5.41) is 16.1. The van der Waals surface area contributed by atoms with Crippen LogP contribution in [0, 0.1) is 17.8 Å². The van der Waals surface area contributed by atoms with Crippen LogP contribution in [0.3, 0.4) is 0 Å². The fraction of sp³-hybridized carbons (Fsp3) is 0.933. The van der Waals surface area contributed by atoms with Gasteiger partial charge in [0, 0.05) is 13.0 Å². The number of hydrogen-bond donors (Lipinski definition) is 3. The molecule has 0 radical (unpaired) electrons. The first-order valence-electron chi connectivity index (χ1n) is 7.70. The number of aliphatic hydroxyl groups is 1. The highest BCUT2D eigenvalue weighted by molar-refractivity contribution is 5.76. The summed E-state index contributed by atoms with van der Waals surface area (Å²) >= 11 is 0. The molecule has 0 aromatic carbocycles. The predicted molar refractivity (Wildman–Crippen MR) is 77.8 cm³/mol. The van der Waals surface area contributed by atoms with Crippen molar-refractivity contribution in [1.82, 2.24) is 10.6 Å². The maximum Gasteiger partial charge on any atom is 0.220 e. The largest absolute Gasteiger partial charge is 0.391 e. The van der Waals surface area contributed by atoms with E-state index in [1.165, 1.54) is 12.8 Å². The van der Waals surface area contributed by atoms with E-state index < -0.39 is 6.10 Å². The Labute approximate surface area is 117 Å². The second-order valence-corrected chi connectivity index (χ2v) is 6.04. The second kappa shape index (κ2) is 8.54. The van der Waals surface area contributed by atoms with Crippen molar-refractivity contribution in [3.05, 3.63) is 0 Å². The molecule has 0 saturated carbocycles. The molecule has 0 bridgehead atoms. The van der Waals surface area contributed by atoms with Gasteiger partial charge in [-0.15, -0.1) is 0 Å². The second-order valence-electron chi connectivity index (χ2n) is 6.04. The van der Waals surface area contributed by atoms with Gasteiger partial charge in [-0.05, 0) is 43.7 Å². The van der Waals surface area contributed by atoms with Crippen molar-refractivity contribution in [3.63, 3.8) is 0 Å². The summed E-state index contributed by atoms with van der Waals surface area (Å²) in [7, 11) is 0. The summed E-state index contributed by atoms with van der Waals surface area (Å²) in [4.78, 5) is 11.9. The smallest absolute Gasteiger partial charge is 0.220 e. The molecule has 4 unspecified atom stereocenters. The molecule has 0 aliphatic carbocycles. The van der Waals surface area contributed by atoms with Crippen molar-refractivity contribution >= 4 is 5.91 Å². The van der Waals surface area contributed by atoms with Gasteiger partial charge >= 0.3 is 0 Å². The highest BCUT2D eigenvalue weighted by Gasteiger charge is 2.22. The Kier molecular flexibility index (Phi) is 7.39. The third-order valence-electron chi connectivity index (χ3n) is 4.46. The Morgan fingerprint density at radius 3 is 2.79 bits per heavy atom. The van der Waals surface area contributed by atoms with Gasteiger partial charge < -0.3 is 15.7 Å². The van der Waals surface area contributed by atoms with Gasteiger partial charge in [-0.2, -0.15) is 0 Å². The Balaban J connectivity index is 2.22. The molecule has 0 aromatic heterocycles. The van der Waals surface area contributed by atoms with Crippen molar-refractivity contribution in [2.75, 3.05) is 19.6 Å². The van der Waals surface area contributed by atoms with Crippen LogP contribution >= 0.6 is 0 Å². The highest BCUT2D eigenvalue weighted by Crippen LogP contribution is 2.22. The molecule has 4 atom stereocenters. The van der Waals surface area contributed by atoms with E-state index in [9.17, 15) is 9.90 Å². The lowest BCUT2D eigenvalue weighted by molar-refractivity contribution is -0.123. The number of rotatable bonds is 7. The first-order chi connectivity index (χ1) is 9.04. The van der Waals surface area contributed by atoms with Gasteiger partial charge in [-0.3, -0.25) is 4.79 Å². The first kappa shape index (κ1) is 16.4. The van der Waals surface area contributed by atoms with Crippen LogP contribution in [-0.4, -0.2) is 36.8 Å². The molecule has 1 saturated heterocycles. The lowest BCUT2D eigenvalue weighted by atomic mass is 9.85. The average molecular weight is 270 g/mol. The van der Waals surface area contributed by atoms with Crippen molar-refractivity contribution < 1.29 is 9.90 Å². The van der Waals surface area contributed by atoms with Gasteiger partial charge in [0.25, 0.3) is 0 Å². The molecule has 1 aliphatic heterocycles. The van der Waals surface area contributed by atoms with Crippen LogP contribution in [0.25, 0.3) is 0 Å². The average Bonchev–Trinajstić information content (AvgIpc) is 2.44. The van der Waals surface area contributed by atoms with Crippen LogP contribution < -0.4 is 10.6 Å². The van der Waals surface area contributed by atoms with E-state index in [0.29, 0.717) is 24.8 Å². The van der Waals surface area contributed by atoms with Crippen LogP contribution in [-0.2, 0) is 4.79 Å². The van der Waals surface area contributed by atoms with Crippen molar-refractivity contribution in [2.24, 2.45) is 17.8 Å². The Morgan fingerprint density at radius 2 is 2.21 bits per heavy atom. The van der Waals surface area contributed by atoms with E-state index in [1.54, 1.807) is 0 Å². The molecule has 1 heterocycles. The molecule has 0 spiro atoms. The molecule has 1 rings (SSSR count). The third-order valence-corrected chi connectivity index (χ3v) is 4.46. The van der Waals surface area contributed by atoms with E-state index in [2.05, 4.69) is 17.6 Å². The highest BCUT2D eigenvalue weighted by atomic mass is 16.3. The summed E-state index contributed by atoms with van der Waals surface area (Å²) in [6.45, 7) is 8.73. The van der Waals surface area contributed by atoms with E-state index in [0.717, 1.165) is 19.5 Å². The van der Waals surface area contributed by atoms with E-state index in [-0.39, 0.29) is 11.8 Å². The quantitative estimate of drug-likeness (QED) is 0.657. The molecule has 1 amide bonds. The van der Waals surface area contributed by atoms with Crippen LogP contribution in [0.15, 0.2) is 0 Å². The summed E-state index contributed by atoms with van der Waals surface area (Å²) in [5.74, 6) is 1.33. The van der Waals surface area contributed by atoms with Crippen molar-refractivity contribution in [2.45, 2.75) is 52.6 Å². The fourth-order valence-electron chi connectivity index (χ4n) is 2.59. The van der Waals surface area contributed by atoms with Crippen LogP contribution in [0.1, 0.15) is 46.5 Å². The van der Waals surface area contributed by atoms with Crippen molar-refractivity contribution in [3.8, 4) is 0 Å². The molecule has 4 nitrogen and oxygen atoms in total. The molecule has 1 fully saturated rings. The number of aliphatic hydroxyl groups excluding tert-OH is 1. The van der Waals surface area contributed by atoms with Gasteiger partial charge in [-0.25, -0.2) is 0 Å². The molecule has 3 N–H and O–H groups in total. The molecule has 1 aliphatic rings. The molecule has 112 valence electrons. The van der Waals surface area contributed by atoms with Crippen LogP contribution in [0.4, 0.5) is 0 Å². The summed E-state index contributed by atoms with van der Waals surface area (Å²) in [6.07, 6.45) is 3.50. The zero-order chi connectivity index (χ0) is 14.3. The third kappa shape index (κ3) is 5.91. The van der Waals surface area contributed by atoms with E-state index in [1.807, 2.05) is 13.8 Å². The Bertz CT molecular complexity index is 265. The molecular weight excluding hydrogens is 240 g/mol. The number of hydrogen-bond acceptors (Lipinski definition) is 3. The first-order valence-corrected chi connectivity index (χ1v) is 7.70. The minimum absolute atomic E-state index is 0.0698. The fourth-order valence-corrected chi connectivity index (χ4v) is 2.59. The maximum atomic E-state index is 11.9. The minimum atomic E-state index is -0.430. The van der Waals surface area contributed by atoms with Gasteiger partial charge in [0.15, 0.2) is 0 Å². The summed E-state index contributed by atoms with van der Waals surface area (Å²) in [5.41, 5.74) is 0. The topological polar surface area (TPSA) is 61.4 Å². The van der Waals surface area contributed by atoms with Gasteiger partial charge in [0.05, 0.1) is 6.10 Å². The van der Waals surface area contributed by atoms with Gasteiger partial charge in [-0.1, -0.05) is 27.2 Å². The van der Waals surface area contributed by atoms with E-state index in [4.69, 9.17) is 0 Å².